The molecule has 0 aliphatic carbocycles. The number of fused-ring (bicyclic) bond motifs is 1. The summed E-state index contributed by atoms with van der Waals surface area (Å²) in [4.78, 5) is 9.00. The molecule has 4 heterocycles. The highest BCUT2D eigenvalue weighted by molar-refractivity contribution is 5.94. The fraction of sp³-hybridized carbons (Fsp3) is 0.478. The first-order valence-electron chi connectivity index (χ1n) is 11.5. The molecule has 8 nitrogen and oxygen atoms in total. The summed E-state index contributed by atoms with van der Waals surface area (Å²) in [6, 6.07) is 2.12. The second-order valence-electron chi connectivity index (χ2n) is 8.95. The Morgan fingerprint density at radius 3 is 2.61 bits per heavy atom. The minimum atomic E-state index is -5.13. The van der Waals surface area contributed by atoms with Crippen molar-refractivity contribution in [2.75, 3.05) is 57.4 Å². The van der Waals surface area contributed by atoms with E-state index >= 15 is 0 Å². The average Bonchev–Trinajstić information content (AvgIpc) is 3.18. The topological polar surface area (TPSA) is 78.7 Å². The lowest BCUT2D eigenvalue weighted by Gasteiger charge is -2.40. The van der Waals surface area contributed by atoms with Crippen molar-refractivity contribution in [2.45, 2.75) is 12.2 Å². The summed E-state index contributed by atoms with van der Waals surface area (Å²) >= 11 is 0. The molecule has 36 heavy (non-hydrogen) atoms. The molecule has 0 saturated carbocycles. The third-order valence-corrected chi connectivity index (χ3v) is 6.66. The van der Waals surface area contributed by atoms with Crippen LogP contribution >= 0.6 is 0 Å². The molecule has 5 rings (SSSR count). The maximum absolute atomic E-state index is 14.7. The van der Waals surface area contributed by atoms with Crippen molar-refractivity contribution in [1.82, 2.24) is 25.0 Å². The molecule has 2 aliphatic rings. The maximum Gasteiger partial charge on any atom is 0.419 e. The quantitative estimate of drug-likeness (QED) is 0.521. The van der Waals surface area contributed by atoms with Crippen molar-refractivity contribution in [3.63, 3.8) is 0 Å². The molecule has 0 spiro atoms. The number of nitrogens with zero attached hydrogens (tertiary/aromatic N) is 5. The van der Waals surface area contributed by atoms with Gasteiger partial charge in [-0.1, -0.05) is 0 Å². The standard InChI is InChI=1S/C23H25F5N6O2/c1-32-17-9-18(34-6-7-36-12-13(34)11-33-4-2-29-3-5-33)30-10-15(17)21(31-32)14-8-16(23(26,27)28)20(25)22(35)19(14)24/h8-10,13,29,35H,2-7,11-12H2,1H3. The van der Waals surface area contributed by atoms with Gasteiger partial charge < -0.3 is 20.1 Å². The third-order valence-electron chi connectivity index (χ3n) is 6.66. The zero-order valence-electron chi connectivity index (χ0n) is 19.4. The van der Waals surface area contributed by atoms with E-state index in [1.807, 2.05) is 0 Å². The molecule has 2 fully saturated rings. The van der Waals surface area contributed by atoms with Crippen molar-refractivity contribution in [3.05, 3.63) is 35.5 Å². The Morgan fingerprint density at radius 1 is 1.14 bits per heavy atom. The van der Waals surface area contributed by atoms with E-state index in [4.69, 9.17) is 4.74 Å². The normalized spacial score (nSPS) is 19.8. The smallest absolute Gasteiger partial charge is 0.419 e. The summed E-state index contributed by atoms with van der Waals surface area (Å²) in [6.07, 6.45) is -3.72. The molecule has 2 saturated heterocycles. The van der Waals surface area contributed by atoms with E-state index in [0.29, 0.717) is 37.2 Å². The molecular weight excluding hydrogens is 487 g/mol. The van der Waals surface area contributed by atoms with Gasteiger partial charge in [-0.2, -0.15) is 18.3 Å². The van der Waals surface area contributed by atoms with Gasteiger partial charge in [0.1, 0.15) is 11.5 Å². The molecular formula is C23H25F5N6O2. The Labute approximate surface area is 203 Å². The van der Waals surface area contributed by atoms with Crippen LogP contribution < -0.4 is 10.2 Å². The minimum absolute atomic E-state index is 0.0512. The number of piperazine rings is 1. The van der Waals surface area contributed by atoms with Crippen molar-refractivity contribution in [2.24, 2.45) is 7.05 Å². The van der Waals surface area contributed by atoms with Gasteiger partial charge in [-0.05, 0) is 6.07 Å². The van der Waals surface area contributed by atoms with Crippen LogP contribution in [0.1, 0.15) is 5.56 Å². The number of ether oxygens (including phenoxy) is 1. The summed E-state index contributed by atoms with van der Waals surface area (Å²) in [5.74, 6) is -4.65. The summed E-state index contributed by atoms with van der Waals surface area (Å²) < 4.78 is 75.7. The van der Waals surface area contributed by atoms with Crippen LogP contribution in [0, 0.1) is 11.6 Å². The number of alkyl halides is 3. The molecule has 13 heteroatoms. The van der Waals surface area contributed by atoms with E-state index < -0.39 is 34.7 Å². The highest BCUT2D eigenvalue weighted by Crippen LogP contribution is 2.41. The molecule has 3 aromatic rings. The van der Waals surface area contributed by atoms with E-state index in [9.17, 15) is 27.1 Å². The van der Waals surface area contributed by atoms with Crippen LogP contribution in [0.4, 0.5) is 27.8 Å². The summed E-state index contributed by atoms with van der Waals surface area (Å²) in [6.45, 7) is 6.14. The van der Waals surface area contributed by atoms with E-state index in [1.54, 1.807) is 13.1 Å². The Kier molecular flexibility index (Phi) is 6.47. The number of benzene rings is 1. The number of hydrogen-bond donors (Lipinski definition) is 2. The first kappa shape index (κ1) is 24.7. The molecule has 0 bridgehead atoms. The summed E-state index contributed by atoms with van der Waals surface area (Å²) in [5, 5.41) is 17.5. The van der Waals surface area contributed by atoms with E-state index in [0.717, 1.165) is 32.7 Å². The predicted molar refractivity (Wildman–Crippen MR) is 122 cm³/mol. The van der Waals surface area contributed by atoms with Crippen LogP contribution in [0.2, 0.25) is 0 Å². The van der Waals surface area contributed by atoms with Crippen LogP contribution in [-0.4, -0.2) is 83.3 Å². The number of phenolic OH excluding ortho intramolecular Hbond substituents is 1. The SMILES string of the molecule is Cn1nc(-c2cc(C(F)(F)F)c(F)c(O)c2F)c2cnc(N3CCOCC3CN3CCNCC3)cc21. The average molecular weight is 512 g/mol. The Morgan fingerprint density at radius 2 is 1.89 bits per heavy atom. The highest BCUT2D eigenvalue weighted by atomic mass is 19.4. The first-order chi connectivity index (χ1) is 17.1. The minimum Gasteiger partial charge on any atom is -0.503 e. The van der Waals surface area contributed by atoms with Crippen molar-refractivity contribution >= 4 is 16.7 Å². The zero-order valence-corrected chi connectivity index (χ0v) is 19.4. The maximum atomic E-state index is 14.7. The lowest BCUT2D eigenvalue weighted by atomic mass is 10.0. The largest absolute Gasteiger partial charge is 0.503 e. The van der Waals surface area contributed by atoms with Crippen LogP contribution in [0.3, 0.4) is 0 Å². The monoisotopic (exact) mass is 512 g/mol. The molecule has 194 valence electrons. The fourth-order valence-electron chi connectivity index (χ4n) is 4.80. The molecule has 2 aromatic heterocycles. The third kappa shape index (κ3) is 4.46. The van der Waals surface area contributed by atoms with Crippen LogP contribution in [0.15, 0.2) is 18.3 Å². The lowest BCUT2D eigenvalue weighted by Crippen LogP contribution is -2.54. The summed E-state index contributed by atoms with van der Waals surface area (Å²) in [7, 11) is 1.57. The van der Waals surface area contributed by atoms with Crippen LogP contribution in [-0.2, 0) is 18.0 Å². The highest BCUT2D eigenvalue weighted by Gasteiger charge is 2.38. The van der Waals surface area contributed by atoms with E-state index in [2.05, 4.69) is 25.2 Å². The molecule has 1 aromatic carbocycles. The second-order valence-corrected chi connectivity index (χ2v) is 8.95. The van der Waals surface area contributed by atoms with Gasteiger partial charge >= 0.3 is 6.18 Å². The molecule has 2 aliphatic heterocycles. The number of phenols is 1. The Bertz CT molecular complexity index is 1270. The number of morpholine rings is 1. The van der Waals surface area contributed by atoms with Crippen molar-refractivity contribution in [3.8, 4) is 17.0 Å². The van der Waals surface area contributed by atoms with Crippen molar-refractivity contribution in [1.29, 1.82) is 0 Å². The van der Waals surface area contributed by atoms with Gasteiger partial charge in [0, 0.05) is 69.5 Å². The molecule has 0 amide bonds. The van der Waals surface area contributed by atoms with E-state index in [-0.39, 0.29) is 17.1 Å². The predicted octanol–water partition coefficient (Wildman–Crippen LogP) is 2.75. The Hall–Kier alpha value is -3.03. The van der Waals surface area contributed by atoms with Gasteiger partial charge in [-0.3, -0.25) is 9.58 Å². The van der Waals surface area contributed by atoms with E-state index in [1.165, 1.54) is 10.9 Å². The Balaban J connectivity index is 1.53. The van der Waals surface area contributed by atoms with Gasteiger partial charge in [0.05, 0.1) is 30.3 Å². The molecule has 1 unspecified atom stereocenters. The van der Waals surface area contributed by atoms with Gasteiger partial charge in [-0.25, -0.2) is 13.8 Å². The number of hydrogen-bond acceptors (Lipinski definition) is 7. The van der Waals surface area contributed by atoms with Gasteiger partial charge in [0.2, 0.25) is 0 Å². The number of aryl methyl sites for hydroxylation is 1. The number of halogens is 5. The van der Waals surface area contributed by atoms with Gasteiger partial charge in [0.15, 0.2) is 17.4 Å². The zero-order chi connectivity index (χ0) is 25.6. The van der Waals surface area contributed by atoms with Crippen LogP contribution in [0.5, 0.6) is 5.75 Å². The molecule has 1 atom stereocenters. The lowest BCUT2D eigenvalue weighted by molar-refractivity contribution is -0.140. The number of aromatic hydroxyl groups is 1. The first-order valence-corrected chi connectivity index (χ1v) is 11.5. The second kappa shape index (κ2) is 9.45. The van der Waals surface area contributed by atoms with Gasteiger partial charge in [-0.15, -0.1) is 0 Å². The number of aromatic nitrogens is 3. The fourth-order valence-corrected chi connectivity index (χ4v) is 4.80. The van der Waals surface area contributed by atoms with Gasteiger partial charge in [0.25, 0.3) is 0 Å². The number of nitrogens with one attached hydrogen (secondary N) is 1. The molecule has 0 radical (unpaired) electrons. The number of anilines is 1. The van der Waals surface area contributed by atoms with Crippen molar-refractivity contribution < 1.29 is 31.8 Å². The number of pyridine rings is 1. The molecule has 2 N–H and O–H groups in total. The van der Waals surface area contributed by atoms with Crippen LogP contribution in [0.25, 0.3) is 22.2 Å². The number of rotatable bonds is 4. The summed E-state index contributed by atoms with van der Waals surface area (Å²) in [5.41, 5.74) is -2.11.